The van der Waals surface area contributed by atoms with Gasteiger partial charge in [-0.1, -0.05) is 6.92 Å². The highest BCUT2D eigenvalue weighted by Crippen LogP contribution is 2.22. The van der Waals surface area contributed by atoms with E-state index in [-0.39, 0.29) is 18.6 Å². The molecule has 0 aliphatic carbocycles. The van der Waals surface area contributed by atoms with Crippen LogP contribution in [0, 0.1) is 5.92 Å². The Labute approximate surface area is 104 Å². The van der Waals surface area contributed by atoms with Crippen molar-refractivity contribution < 1.29 is 9.90 Å². The molecule has 1 aliphatic heterocycles. The van der Waals surface area contributed by atoms with Crippen LogP contribution in [0.5, 0.6) is 0 Å². The Kier molecular flexibility index (Phi) is 5.92. The zero-order chi connectivity index (χ0) is 12.8. The van der Waals surface area contributed by atoms with Crippen molar-refractivity contribution in [2.75, 3.05) is 19.7 Å². The van der Waals surface area contributed by atoms with E-state index in [1.54, 1.807) is 6.92 Å². The molecule has 1 rings (SSSR count). The van der Waals surface area contributed by atoms with Crippen molar-refractivity contribution in [3.05, 3.63) is 0 Å². The van der Waals surface area contributed by atoms with E-state index >= 15 is 0 Å². The second kappa shape index (κ2) is 6.97. The quantitative estimate of drug-likeness (QED) is 0.756. The van der Waals surface area contributed by atoms with Crippen LogP contribution in [0.3, 0.4) is 0 Å². The van der Waals surface area contributed by atoms with Gasteiger partial charge >= 0.3 is 0 Å². The largest absolute Gasteiger partial charge is 0.396 e. The normalized spacial score (nSPS) is 27.8. The molecule has 1 amide bonds. The van der Waals surface area contributed by atoms with E-state index in [2.05, 4.69) is 24.1 Å². The SMILES string of the molecule is CCC(C)N1CC(CCO)CC(NC(C)=O)C1. The summed E-state index contributed by atoms with van der Waals surface area (Å²) in [5.74, 6) is 0.545. The molecule has 100 valence electrons. The van der Waals surface area contributed by atoms with Crippen LogP contribution < -0.4 is 5.32 Å². The lowest BCUT2D eigenvalue weighted by Gasteiger charge is -2.40. The fraction of sp³-hybridized carbons (Fsp3) is 0.923. The molecule has 3 unspecified atom stereocenters. The average Bonchev–Trinajstić information content (AvgIpc) is 2.27. The molecule has 0 radical (unpaired) electrons. The van der Waals surface area contributed by atoms with E-state index in [1.807, 2.05) is 0 Å². The van der Waals surface area contributed by atoms with Crippen LogP contribution in [-0.2, 0) is 4.79 Å². The fourth-order valence-corrected chi connectivity index (χ4v) is 2.64. The van der Waals surface area contributed by atoms with Crippen LogP contribution in [0.4, 0.5) is 0 Å². The first-order chi connectivity index (χ1) is 8.06. The fourth-order valence-electron chi connectivity index (χ4n) is 2.64. The standard InChI is InChI=1S/C13H26N2O2/c1-4-10(2)15-8-12(5-6-16)7-13(9-15)14-11(3)17/h10,12-13,16H,4-9H2,1-3H3,(H,14,17). The van der Waals surface area contributed by atoms with E-state index in [4.69, 9.17) is 5.11 Å². The van der Waals surface area contributed by atoms with Gasteiger partial charge in [0.15, 0.2) is 0 Å². The molecule has 0 saturated carbocycles. The summed E-state index contributed by atoms with van der Waals surface area (Å²) in [6.45, 7) is 8.22. The van der Waals surface area contributed by atoms with E-state index in [0.29, 0.717) is 12.0 Å². The summed E-state index contributed by atoms with van der Waals surface area (Å²) in [5, 5.41) is 12.1. The summed E-state index contributed by atoms with van der Waals surface area (Å²) in [7, 11) is 0. The lowest BCUT2D eigenvalue weighted by atomic mass is 9.90. The van der Waals surface area contributed by atoms with Crippen molar-refractivity contribution in [3.63, 3.8) is 0 Å². The van der Waals surface area contributed by atoms with Gasteiger partial charge in [-0.2, -0.15) is 0 Å². The Balaban J connectivity index is 2.58. The minimum absolute atomic E-state index is 0.0451. The van der Waals surface area contributed by atoms with E-state index in [9.17, 15) is 4.79 Å². The van der Waals surface area contributed by atoms with Crippen LogP contribution in [0.25, 0.3) is 0 Å². The van der Waals surface area contributed by atoms with Gasteiger partial charge in [-0.05, 0) is 32.1 Å². The first-order valence-corrected chi connectivity index (χ1v) is 6.68. The number of nitrogens with one attached hydrogen (secondary N) is 1. The van der Waals surface area contributed by atoms with Gasteiger partial charge in [-0.25, -0.2) is 0 Å². The topological polar surface area (TPSA) is 52.6 Å². The maximum atomic E-state index is 11.1. The van der Waals surface area contributed by atoms with Gasteiger partial charge in [0.05, 0.1) is 0 Å². The van der Waals surface area contributed by atoms with Gasteiger partial charge in [0.2, 0.25) is 5.91 Å². The Hall–Kier alpha value is -0.610. The number of carbonyl (C=O) groups is 1. The number of carbonyl (C=O) groups excluding carboxylic acids is 1. The molecule has 1 saturated heterocycles. The average molecular weight is 242 g/mol. The van der Waals surface area contributed by atoms with Gasteiger partial charge in [0.1, 0.15) is 0 Å². The Bertz CT molecular complexity index is 246. The molecule has 4 nitrogen and oxygen atoms in total. The van der Waals surface area contributed by atoms with Crippen molar-refractivity contribution in [2.45, 2.75) is 52.1 Å². The number of hydrogen-bond donors (Lipinski definition) is 2. The van der Waals surface area contributed by atoms with Gasteiger partial charge in [0.25, 0.3) is 0 Å². The third-order valence-corrected chi connectivity index (χ3v) is 3.72. The zero-order valence-electron chi connectivity index (χ0n) is 11.3. The molecule has 0 aromatic rings. The van der Waals surface area contributed by atoms with Gasteiger partial charge in [-0.3, -0.25) is 9.69 Å². The summed E-state index contributed by atoms with van der Waals surface area (Å²) < 4.78 is 0. The molecule has 2 N–H and O–H groups in total. The molecule has 1 heterocycles. The lowest BCUT2D eigenvalue weighted by molar-refractivity contribution is -0.120. The Morgan fingerprint density at radius 2 is 2.24 bits per heavy atom. The number of piperidine rings is 1. The molecular formula is C13H26N2O2. The van der Waals surface area contributed by atoms with Crippen molar-refractivity contribution in [1.82, 2.24) is 10.2 Å². The molecule has 4 heteroatoms. The van der Waals surface area contributed by atoms with Crippen molar-refractivity contribution in [1.29, 1.82) is 0 Å². The van der Waals surface area contributed by atoms with Gasteiger partial charge < -0.3 is 10.4 Å². The maximum absolute atomic E-state index is 11.1. The molecule has 0 spiro atoms. The van der Waals surface area contributed by atoms with Gasteiger partial charge in [-0.15, -0.1) is 0 Å². The number of rotatable bonds is 5. The van der Waals surface area contributed by atoms with Crippen LogP contribution in [-0.4, -0.2) is 47.7 Å². The number of likely N-dealkylation sites (tertiary alicyclic amines) is 1. The highest BCUT2D eigenvalue weighted by atomic mass is 16.3. The molecule has 17 heavy (non-hydrogen) atoms. The highest BCUT2D eigenvalue weighted by Gasteiger charge is 2.29. The van der Waals surface area contributed by atoms with Crippen LogP contribution in [0.2, 0.25) is 0 Å². The molecule has 3 atom stereocenters. The molecule has 0 aromatic carbocycles. The molecular weight excluding hydrogens is 216 g/mol. The first-order valence-electron chi connectivity index (χ1n) is 6.68. The Morgan fingerprint density at radius 3 is 2.76 bits per heavy atom. The molecule has 1 aliphatic rings. The predicted molar refractivity (Wildman–Crippen MR) is 68.7 cm³/mol. The predicted octanol–water partition coefficient (Wildman–Crippen LogP) is 0.994. The first kappa shape index (κ1) is 14.5. The van der Waals surface area contributed by atoms with E-state index in [0.717, 1.165) is 32.4 Å². The van der Waals surface area contributed by atoms with Crippen molar-refractivity contribution in [3.8, 4) is 0 Å². The minimum Gasteiger partial charge on any atom is -0.396 e. The smallest absolute Gasteiger partial charge is 0.217 e. The lowest BCUT2D eigenvalue weighted by Crippen LogP contribution is -2.53. The minimum atomic E-state index is 0.0451. The third-order valence-electron chi connectivity index (χ3n) is 3.72. The van der Waals surface area contributed by atoms with Gasteiger partial charge in [0, 0.05) is 38.7 Å². The van der Waals surface area contributed by atoms with Crippen LogP contribution in [0.15, 0.2) is 0 Å². The van der Waals surface area contributed by atoms with Crippen molar-refractivity contribution >= 4 is 5.91 Å². The van der Waals surface area contributed by atoms with E-state index < -0.39 is 0 Å². The second-order valence-corrected chi connectivity index (χ2v) is 5.22. The number of amides is 1. The van der Waals surface area contributed by atoms with Crippen LogP contribution in [0.1, 0.15) is 40.0 Å². The summed E-state index contributed by atoms with van der Waals surface area (Å²) in [6.07, 6.45) is 2.95. The summed E-state index contributed by atoms with van der Waals surface area (Å²) >= 11 is 0. The molecule has 0 bridgehead atoms. The van der Waals surface area contributed by atoms with Crippen molar-refractivity contribution in [2.24, 2.45) is 5.92 Å². The summed E-state index contributed by atoms with van der Waals surface area (Å²) in [4.78, 5) is 13.6. The Morgan fingerprint density at radius 1 is 1.53 bits per heavy atom. The summed E-state index contributed by atoms with van der Waals surface area (Å²) in [6, 6.07) is 0.791. The number of aliphatic hydroxyl groups is 1. The number of hydrogen-bond acceptors (Lipinski definition) is 3. The second-order valence-electron chi connectivity index (χ2n) is 5.22. The highest BCUT2D eigenvalue weighted by molar-refractivity contribution is 5.73. The third kappa shape index (κ3) is 4.64. The monoisotopic (exact) mass is 242 g/mol. The van der Waals surface area contributed by atoms with E-state index in [1.165, 1.54) is 0 Å². The summed E-state index contributed by atoms with van der Waals surface area (Å²) in [5.41, 5.74) is 0. The zero-order valence-corrected chi connectivity index (χ0v) is 11.3. The maximum Gasteiger partial charge on any atom is 0.217 e. The molecule has 1 fully saturated rings. The number of aliphatic hydroxyl groups excluding tert-OH is 1. The number of nitrogens with zero attached hydrogens (tertiary/aromatic N) is 1. The molecule has 0 aromatic heterocycles. The van der Waals surface area contributed by atoms with Crippen LogP contribution >= 0.6 is 0 Å².